The van der Waals surface area contributed by atoms with E-state index in [1.165, 1.54) is 0 Å². The Bertz CT molecular complexity index is 576. The van der Waals surface area contributed by atoms with Gasteiger partial charge in [-0.25, -0.2) is 9.78 Å². The summed E-state index contributed by atoms with van der Waals surface area (Å²) in [5.41, 5.74) is 0.234. The molecule has 0 spiro atoms. The number of hydrogen-bond acceptors (Lipinski definition) is 2. The van der Waals surface area contributed by atoms with Gasteiger partial charge in [-0.1, -0.05) is 11.6 Å². The maximum absolute atomic E-state index is 10.8. The van der Waals surface area contributed by atoms with Gasteiger partial charge in [-0.05, 0) is 22.0 Å². The molecule has 0 aromatic carbocycles. The monoisotopic (exact) mass is 317 g/mol. The third-order valence-corrected chi connectivity index (χ3v) is 3.47. The van der Waals surface area contributed by atoms with Crippen LogP contribution in [-0.4, -0.2) is 25.2 Å². The third-order valence-electron chi connectivity index (χ3n) is 2.43. The van der Waals surface area contributed by atoms with E-state index in [0.717, 1.165) is 5.82 Å². The van der Waals surface area contributed by atoms with E-state index in [1.54, 1.807) is 34.6 Å². The van der Waals surface area contributed by atoms with E-state index >= 15 is 0 Å². The number of rotatable bonds is 3. The summed E-state index contributed by atoms with van der Waals surface area (Å²) in [5.74, 6) is -0.203. The van der Waals surface area contributed by atoms with Gasteiger partial charge in [-0.15, -0.1) is 0 Å². The van der Waals surface area contributed by atoms with Gasteiger partial charge in [0, 0.05) is 13.2 Å². The number of aromatic carboxylic acids is 1. The SMILES string of the molecule is Cn1c(Cl)cnc1Cn1cc(C(=O)O)cc1Br. The van der Waals surface area contributed by atoms with Crippen molar-refractivity contribution in [3.8, 4) is 0 Å². The first-order valence-corrected chi connectivity index (χ1v) is 5.91. The van der Waals surface area contributed by atoms with Crippen LogP contribution in [0.3, 0.4) is 0 Å². The lowest BCUT2D eigenvalue weighted by atomic mass is 10.4. The van der Waals surface area contributed by atoms with Crippen molar-refractivity contribution in [2.45, 2.75) is 6.54 Å². The summed E-state index contributed by atoms with van der Waals surface area (Å²) in [4.78, 5) is 15.0. The Hall–Kier alpha value is -1.27. The Kier molecular flexibility index (Phi) is 3.26. The summed E-state index contributed by atoms with van der Waals surface area (Å²) in [5, 5.41) is 9.41. The summed E-state index contributed by atoms with van der Waals surface area (Å²) in [6.07, 6.45) is 3.11. The van der Waals surface area contributed by atoms with Crippen molar-refractivity contribution in [2.24, 2.45) is 7.05 Å². The van der Waals surface area contributed by atoms with E-state index in [-0.39, 0.29) is 5.56 Å². The first-order chi connectivity index (χ1) is 7.99. The molecule has 0 saturated heterocycles. The fourth-order valence-electron chi connectivity index (χ4n) is 1.44. The number of hydrogen-bond donors (Lipinski definition) is 1. The number of imidazole rings is 1. The molecule has 90 valence electrons. The van der Waals surface area contributed by atoms with Crippen LogP contribution in [0.1, 0.15) is 16.2 Å². The lowest BCUT2D eigenvalue weighted by molar-refractivity contribution is 0.0697. The Morgan fingerprint density at radius 1 is 1.65 bits per heavy atom. The minimum atomic E-state index is -0.956. The minimum absolute atomic E-state index is 0.234. The van der Waals surface area contributed by atoms with Crippen molar-refractivity contribution < 1.29 is 9.90 Å². The number of carboxylic acid groups (broad SMARTS) is 1. The van der Waals surface area contributed by atoms with E-state index in [2.05, 4.69) is 20.9 Å². The van der Waals surface area contributed by atoms with Gasteiger partial charge in [0.1, 0.15) is 11.0 Å². The molecule has 0 aliphatic carbocycles. The van der Waals surface area contributed by atoms with Crippen molar-refractivity contribution in [3.63, 3.8) is 0 Å². The molecule has 0 amide bonds. The molecule has 2 aromatic rings. The van der Waals surface area contributed by atoms with Crippen LogP contribution in [0.25, 0.3) is 0 Å². The smallest absolute Gasteiger partial charge is 0.337 e. The molecule has 0 bridgehead atoms. The predicted octanol–water partition coefficient (Wildman–Crippen LogP) is 2.38. The fraction of sp³-hybridized carbons (Fsp3) is 0.200. The molecule has 7 heteroatoms. The van der Waals surface area contributed by atoms with Crippen molar-refractivity contribution in [3.05, 3.63) is 39.6 Å². The van der Waals surface area contributed by atoms with Gasteiger partial charge in [0.2, 0.25) is 0 Å². The molecule has 2 heterocycles. The molecule has 0 atom stereocenters. The van der Waals surface area contributed by atoms with Gasteiger partial charge in [0.25, 0.3) is 0 Å². The maximum Gasteiger partial charge on any atom is 0.337 e. The Labute approximate surface area is 111 Å². The molecular formula is C10H9BrClN3O2. The quantitative estimate of drug-likeness (QED) is 0.945. The highest BCUT2D eigenvalue weighted by Crippen LogP contribution is 2.18. The fourth-order valence-corrected chi connectivity index (χ4v) is 2.06. The van der Waals surface area contributed by atoms with E-state index in [4.69, 9.17) is 16.7 Å². The molecular weight excluding hydrogens is 309 g/mol. The highest BCUT2D eigenvalue weighted by molar-refractivity contribution is 9.10. The zero-order chi connectivity index (χ0) is 12.6. The topological polar surface area (TPSA) is 60.0 Å². The normalized spacial score (nSPS) is 10.8. The molecule has 2 rings (SSSR count). The van der Waals surface area contributed by atoms with E-state index in [9.17, 15) is 4.79 Å². The number of halogens is 2. The second-order valence-electron chi connectivity index (χ2n) is 3.54. The second kappa shape index (κ2) is 4.54. The second-order valence-corrected chi connectivity index (χ2v) is 4.74. The summed E-state index contributed by atoms with van der Waals surface area (Å²) in [6.45, 7) is 0.455. The van der Waals surface area contributed by atoms with Crippen LogP contribution in [0.15, 0.2) is 23.1 Å². The maximum atomic E-state index is 10.8. The lowest BCUT2D eigenvalue weighted by Crippen LogP contribution is -2.05. The predicted molar refractivity (Wildman–Crippen MR) is 66.4 cm³/mol. The highest BCUT2D eigenvalue weighted by atomic mass is 79.9. The van der Waals surface area contributed by atoms with Crippen molar-refractivity contribution >= 4 is 33.5 Å². The molecule has 5 nitrogen and oxygen atoms in total. The molecule has 0 saturated carbocycles. The van der Waals surface area contributed by atoms with Gasteiger partial charge >= 0.3 is 5.97 Å². The third kappa shape index (κ3) is 2.37. The largest absolute Gasteiger partial charge is 0.478 e. The molecule has 0 aliphatic rings. The molecule has 0 aliphatic heterocycles. The number of carbonyl (C=O) groups is 1. The summed E-state index contributed by atoms with van der Waals surface area (Å²) >= 11 is 9.18. The van der Waals surface area contributed by atoms with Crippen LogP contribution in [0.4, 0.5) is 0 Å². The van der Waals surface area contributed by atoms with Crippen LogP contribution in [0.5, 0.6) is 0 Å². The Morgan fingerprint density at radius 2 is 2.35 bits per heavy atom. The Morgan fingerprint density at radius 3 is 2.82 bits per heavy atom. The zero-order valence-corrected chi connectivity index (χ0v) is 11.2. The van der Waals surface area contributed by atoms with Crippen LogP contribution in [-0.2, 0) is 13.6 Å². The summed E-state index contributed by atoms with van der Waals surface area (Å²) in [7, 11) is 1.81. The van der Waals surface area contributed by atoms with Gasteiger partial charge in [0.05, 0.1) is 22.9 Å². The van der Waals surface area contributed by atoms with Crippen molar-refractivity contribution in [2.75, 3.05) is 0 Å². The number of nitrogens with zero attached hydrogens (tertiary/aromatic N) is 3. The van der Waals surface area contributed by atoms with Crippen LogP contribution >= 0.6 is 27.5 Å². The first kappa shape index (κ1) is 12.2. The molecule has 0 fully saturated rings. The minimum Gasteiger partial charge on any atom is -0.478 e. The number of carboxylic acids is 1. The first-order valence-electron chi connectivity index (χ1n) is 4.74. The van der Waals surface area contributed by atoms with Crippen molar-refractivity contribution in [1.29, 1.82) is 0 Å². The zero-order valence-electron chi connectivity index (χ0n) is 8.89. The van der Waals surface area contributed by atoms with Crippen LogP contribution in [0, 0.1) is 0 Å². The van der Waals surface area contributed by atoms with Gasteiger partial charge < -0.3 is 14.2 Å². The number of aromatic nitrogens is 3. The summed E-state index contributed by atoms with van der Waals surface area (Å²) < 4.78 is 4.19. The summed E-state index contributed by atoms with van der Waals surface area (Å²) in [6, 6.07) is 1.55. The van der Waals surface area contributed by atoms with Crippen molar-refractivity contribution in [1.82, 2.24) is 14.1 Å². The van der Waals surface area contributed by atoms with E-state index in [1.807, 2.05) is 0 Å². The van der Waals surface area contributed by atoms with Gasteiger partial charge in [-0.2, -0.15) is 0 Å². The molecule has 0 radical (unpaired) electrons. The lowest BCUT2D eigenvalue weighted by Gasteiger charge is -2.05. The van der Waals surface area contributed by atoms with Gasteiger partial charge in [-0.3, -0.25) is 0 Å². The van der Waals surface area contributed by atoms with E-state index in [0.29, 0.717) is 16.3 Å². The molecule has 0 unspecified atom stereocenters. The van der Waals surface area contributed by atoms with Crippen LogP contribution < -0.4 is 0 Å². The highest BCUT2D eigenvalue weighted by Gasteiger charge is 2.11. The molecule has 2 aromatic heterocycles. The molecule has 1 N–H and O–H groups in total. The average Bonchev–Trinajstić information content (AvgIpc) is 2.77. The Balaban J connectivity index is 2.30. The van der Waals surface area contributed by atoms with Gasteiger partial charge in [0.15, 0.2) is 0 Å². The average molecular weight is 319 g/mol. The van der Waals surface area contributed by atoms with E-state index < -0.39 is 5.97 Å². The van der Waals surface area contributed by atoms with Crippen LogP contribution in [0.2, 0.25) is 5.15 Å². The standard InChI is InChI=1S/C10H9BrClN3O2/c1-14-8(12)3-13-9(14)5-15-4-6(10(16)17)2-7(15)11/h2-4H,5H2,1H3,(H,16,17). The molecule has 17 heavy (non-hydrogen) atoms.